The summed E-state index contributed by atoms with van der Waals surface area (Å²) < 4.78 is 14.7. The van der Waals surface area contributed by atoms with E-state index in [2.05, 4.69) is 87.2 Å². The van der Waals surface area contributed by atoms with Gasteiger partial charge in [-0.1, -0.05) is 74.9 Å². The normalized spacial score (nSPS) is 12.6. The summed E-state index contributed by atoms with van der Waals surface area (Å²) in [4.78, 5) is 0. The maximum Gasteiger partial charge on any atom is 0.137 e. The number of allylic oxidation sites excluding steroid dienone is 4. The first-order valence-electron chi connectivity index (χ1n) is 14.3. The maximum atomic E-state index is 8.05. The SMILES string of the molecule is C=C/C=C\c1c(C)c(C)c(/C=C\C=C)n1-c1ccc2c(c1)oc1cccc(-c3ccc4oc(=C)/c(=C(\C=C)C(=N)N)c4c3)c12. The van der Waals surface area contributed by atoms with Crippen molar-refractivity contribution >= 4 is 63.0 Å². The standard InChI is InChI=1S/C39H33N3O2/c1-7-10-14-32-23(4)24(5)33(15-11-8-2)42(32)27-18-19-30-36(22-27)44-35-16-12-13-29(38(30)35)26-17-20-34-31(21-26)37(25(6)43-34)28(9-3)39(40)41/h7-22H,1-3,6H2,4-5H3,(H3,40,41)/b14-10-,15-11-,37-28-. The molecule has 44 heavy (non-hydrogen) atoms. The Morgan fingerprint density at radius 2 is 1.52 bits per heavy atom. The Labute approximate surface area is 255 Å². The predicted octanol–water partition coefficient (Wildman–Crippen LogP) is 8.49. The summed E-state index contributed by atoms with van der Waals surface area (Å²) in [6.07, 6.45) is 13.2. The lowest BCUT2D eigenvalue weighted by atomic mass is 9.97. The van der Waals surface area contributed by atoms with Crippen molar-refractivity contribution in [2.45, 2.75) is 13.8 Å². The minimum Gasteiger partial charge on any atom is -0.457 e. The van der Waals surface area contributed by atoms with Crippen LogP contribution in [0.2, 0.25) is 0 Å². The van der Waals surface area contributed by atoms with Crippen molar-refractivity contribution in [2.75, 3.05) is 0 Å². The van der Waals surface area contributed by atoms with E-state index < -0.39 is 0 Å². The second kappa shape index (κ2) is 11.1. The van der Waals surface area contributed by atoms with Crippen LogP contribution in [0.25, 0.3) is 74.0 Å². The fourth-order valence-corrected chi connectivity index (χ4v) is 6.00. The second-order valence-corrected chi connectivity index (χ2v) is 10.6. The average molecular weight is 576 g/mol. The van der Waals surface area contributed by atoms with Crippen molar-refractivity contribution in [2.24, 2.45) is 5.73 Å². The molecule has 3 heterocycles. The highest BCUT2D eigenvalue weighted by Gasteiger charge is 2.19. The summed E-state index contributed by atoms with van der Waals surface area (Å²) in [6.45, 7) is 19.9. The van der Waals surface area contributed by atoms with Gasteiger partial charge >= 0.3 is 0 Å². The molecule has 3 N–H and O–H groups in total. The molecule has 0 unspecified atom stereocenters. The Morgan fingerprint density at radius 3 is 2.16 bits per heavy atom. The van der Waals surface area contributed by atoms with Gasteiger partial charge in [-0.2, -0.15) is 0 Å². The van der Waals surface area contributed by atoms with Crippen molar-refractivity contribution in [3.63, 3.8) is 0 Å². The number of amidine groups is 1. The molecule has 5 heteroatoms. The van der Waals surface area contributed by atoms with E-state index in [-0.39, 0.29) is 5.84 Å². The summed E-state index contributed by atoms with van der Waals surface area (Å²) in [5.74, 6) is -0.0869. The molecule has 0 aliphatic heterocycles. The van der Waals surface area contributed by atoms with Gasteiger partial charge in [-0.3, -0.25) is 5.41 Å². The topological polar surface area (TPSA) is 81.1 Å². The molecule has 0 saturated carbocycles. The molecule has 0 saturated heterocycles. The molecular weight excluding hydrogens is 542 g/mol. The van der Waals surface area contributed by atoms with Gasteiger partial charge in [-0.05, 0) is 78.6 Å². The highest BCUT2D eigenvalue weighted by Crippen LogP contribution is 2.39. The lowest BCUT2D eigenvalue weighted by molar-refractivity contribution is 0.577. The summed E-state index contributed by atoms with van der Waals surface area (Å²) in [7, 11) is 0. The van der Waals surface area contributed by atoms with Crippen LogP contribution in [-0.4, -0.2) is 10.4 Å². The number of nitrogens with two attached hydrogens (primary N) is 1. The Balaban J connectivity index is 1.59. The van der Waals surface area contributed by atoms with Crippen molar-refractivity contribution in [3.05, 3.63) is 138 Å². The molecule has 3 aromatic carbocycles. The van der Waals surface area contributed by atoms with E-state index in [1.54, 1.807) is 18.2 Å². The van der Waals surface area contributed by atoms with Gasteiger partial charge in [0.15, 0.2) is 0 Å². The zero-order valence-corrected chi connectivity index (χ0v) is 24.9. The second-order valence-electron chi connectivity index (χ2n) is 10.6. The van der Waals surface area contributed by atoms with Crippen LogP contribution >= 0.6 is 0 Å². The van der Waals surface area contributed by atoms with Gasteiger partial charge in [-0.15, -0.1) is 0 Å². The van der Waals surface area contributed by atoms with Crippen LogP contribution < -0.4 is 16.4 Å². The molecule has 0 aliphatic carbocycles. The summed E-state index contributed by atoms with van der Waals surface area (Å²) in [5, 5.41) is 11.6. The molecule has 216 valence electrons. The van der Waals surface area contributed by atoms with Gasteiger partial charge in [-0.25, -0.2) is 0 Å². The Hall–Kier alpha value is -5.81. The van der Waals surface area contributed by atoms with E-state index in [4.69, 9.17) is 20.0 Å². The van der Waals surface area contributed by atoms with Crippen LogP contribution in [0.1, 0.15) is 22.5 Å². The molecule has 0 radical (unpaired) electrons. The number of hydrogen-bond donors (Lipinski definition) is 2. The molecule has 6 aromatic rings. The van der Waals surface area contributed by atoms with Gasteiger partial charge in [0, 0.05) is 50.1 Å². The van der Waals surface area contributed by atoms with Crippen LogP contribution in [-0.2, 0) is 0 Å². The highest BCUT2D eigenvalue weighted by atomic mass is 16.3. The van der Waals surface area contributed by atoms with Crippen molar-refractivity contribution < 1.29 is 8.83 Å². The number of fused-ring (bicyclic) bond motifs is 4. The zero-order valence-electron chi connectivity index (χ0n) is 24.9. The van der Waals surface area contributed by atoms with Gasteiger partial charge in [0.1, 0.15) is 28.0 Å². The molecule has 3 aromatic heterocycles. The Bertz CT molecular complexity index is 2310. The zero-order chi connectivity index (χ0) is 31.1. The van der Waals surface area contributed by atoms with E-state index >= 15 is 0 Å². The van der Waals surface area contributed by atoms with Gasteiger partial charge < -0.3 is 19.1 Å². The van der Waals surface area contributed by atoms with Crippen LogP contribution in [0, 0.1) is 19.3 Å². The number of furan rings is 2. The number of nitrogens with one attached hydrogen (secondary N) is 1. The van der Waals surface area contributed by atoms with Gasteiger partial charge in [0.25, 0.3) is 0 Å². The molecule has 0 aliphatic rings. The first-order chi connectivity index (χ1) is 21.3. The third kappa shape index (κ3) is 4.46. The fourth-order valence-electron chi connectivity index (χ4n) is 6.00. The lowest BCUT2D eigenvalue weighted by Gasteiger charge is -2.11. The smallest absolute Gasteiger partial charge is 0.137 e. The number of nitrogens with zero attached hydrogens (tertiary/aromatic N) is 1. The third-order valence-corrected chi connectivity index (χ3v) is 8.17. The Morgan fingerprint density at radius 1 is 0.818 bits per heavy atom. The molecule has 0 spiro atoms. The van der Waals surface area contributed by atoms with Gasteiger partial charge in [0.2, 0.25) is 0 Å². The average Bonchev–Trinajstić information content (AvgIpc) is 3.63. The van der Waals surface area contributed by atoms with Crippen LogP contribution in [0.4, 0.5) is 0 Å². The first-order valence-corrected chi connectivity index (χ1v) is 14.3. The van der Waals surface area contributed by atoms with Gasteiger partial charge in [0.05, 0.1) is 0 Å². The summed E-state index contributed by atoms with van der Waals surface area (Å²) in [6, 6.07) is 18.5. The minimum atomic E-state index is -0.0869. The molecule has 6 rings (SSSR count). The molecule has 0 atom stereocenters. The molecule has 0 fully saturated rings. The quantitative estimate of drug-likeness (QED) is 0.108. The largest absolute Gasteiger partial charge is 0.457 e. The van der Waals surface area contributed by atoms with E-state index in [0.717, 1.165) is 55.5 Å². The van der Waals surface area contributed by atoms with E-state index in [1.165, 1.54) is 11.1 Å². The van der Waals surface area contributed by atoms with E-state index in [1.807, 2.05) is 36.4 Å². The van der Waals surface area contributed by atoms with Crippen molar-refractivity contribution in [3.8, 4) is 16.8 Å². The predicted molar refractivity (Wildman–Crippen MR) is 186 cm³/mol. The lowest BCUT2D eigenvalue weighted by Crippen LogP contribution is -2.27. The van der Waals surface area contributed by atoms with E-state index in [9.17, 15) is 0 Å². The summed E-state index contributed by atoms with van der Waals surface area (Å²) in [5.41, 5.74) is 16.6. The number of hydrogen-bond acceptors (Lipinski definition) is 3. The number of aromatic nitrogens is 1. The molecule has 0 amide bonds. The monoisotopic (exact) mass is 575 g/mol. The number of benzene rings is 3. The number of rotatable bonds is 8. The third-order valence-electron chi connectivity index (χ3n) is 8.17. The fraction of sp³-hybridized carbons (Fsp3) is 0.0513. The van der Waals surface area contributed by atoms with E-state index in [0.29, 0.717) is 21.8 Å². The van der Waals surface area contributed by atoms with Crippen molar-refractivity contribution in [1.82, 2.24) is 4.57 Å². The summed E-state index contributed by atoms with van der Waals surface area (Å²) >= 11 is 0. The highest BCUT2D eigenvalue weighted by molar-refractivity contribution is 6.19. The molecular formula is C39H33N3O2. The molecule has 5 nitrogen and oxygen atoms in total. The molecule has 0 bridgehead atoms. The van der Waals surface area contributed by atoms with Crippen LogP contribution in [0.15, 0.2) is 114 Å². The minimum absolute atomic E-state index is 0.0869. The maximum absolute atomic E-state index is 8.05. The Kier molecular flexibility index (Phi) is 7.15. The first kappa shape index (κ1) is 28.3. The van der Waals surface area contributed by atoms with Crippen LogP contribution in [0.3, 0.4) is 0 Å². The van der Waals surface area contributed by atoms with Crippen molar-refractivity contribution in [1.29, 1.82) is 5.41 Å². The van der Waals surface area contributed by atoms with Crippen LogP contribution in [0.5, 0.6) is 0 Å².